The van der Waals surface area contributed by atoms with Crippen molar-refractivity contribution in [3.8, 4) is 5.75 Å². The molecule has 0 bridgehead atoms. The second kappa shape index (κ2) is 6.09. The largest absolute Gasteiger partial charge is 0.492 e. The van der Waals surface area contributed by atoms with Crippen LogP contribution < -0.4 is 16.0 Å². The number of nitrogens with zero attached hydrogens (tertiary/aromatic N) is 1. The van der Waals surface area contributed by atoms with Crippen molar-refractivity contribution < 1.29 is 9.13 Å². The van der Waals surface area contributed by atoms with Crippen LogP contribution in [-0.2, 0) is 0 Å². The summed E-state index contributed by atoms with van der Waals surface area (Å²) in [6.07, 6.45) is 2.67. The normalized spacial score (nSPS) is 12.1. The minimum atomic E-state index is -0.423. The van der Waals surface area contributed by atoms with E-state index in [2.05, 4.69) is 10.4 Å². The number of halogens is 1. The third-order valence-corrected chi connectivity index (χ3v) is 2.54. The van der Waals surface area contributed by atoms with E-state index >= 15 is 0 Å². The Morgan fingerprint density at radius 3 is 2.72 bits per heavy atom. The van der Waals surface area contributed by atoms with Crippen LogP contribution in [-0.4, -0.2) is 11.6 Å². The Labute approximate surface area is 105 Å². The van der Waals surface area contributed by atoms with Crippen molar-refractivity contribution in [3.05, 3.63) is 60.2 Å². The first-order valence-corrected chi connectivity index (χ1v) is 5.54. The lowest BCUT2D eigenvalue weighted by molar-refractivity contribution is 0.264. The van der Waals surface area contributed by atoms with Crippen molar-refractivity contribution in [2.45, 2.75) is 6.04 Å². The molecule has 0 spiro atoms. The highest BCUT2D eigenvalue weighted by molar-refractivity contribution is 5.22. The van der Waals surface area contributed by atoms with Crippen molar-refractivity contribution in [2.75, 3.05) is 6.61 Å². The molecule has 2 aromatic rings. The number of nitrogens with two attached hydrogens (primary N) is 1. The van der Waals surface area contributed by atoms with Crippen LogP contribution in [0.15, 0.2) is 48.8 Å². The molecule has 0 amide bonds. The van der Waals surface area contributed by atoms with Gasteiger partial charge in [0.1, 0.15) is 18.2 Å². The van der Waals surface area contributed by atoms with Gasteiger partial charge in [0.15, 0.2) is 0 Å². The zero-order valence-corrected chi connectivity index (χ0v) is 9.71. The van der Waals surface area contributed by atoms with Crippen LogP contribution >= 0.6 is 0 Å². The Hall–Kier alpha value is -1.98. The lowest BCUT2D eigenvalue weighted by Gasteiger charge is -2.17. The summed E-state index contributed by atoms with van der Waals surface area (Å²) in [5, 5.41) is 0. The number of para-hydroxylation sites is 1. The van der Waals surface area contributed by atoms with Gasteiger partial charge in [-0.05, 0) is 18.2 Å². The molecule has 0 aliphatic carbocycles. The predicted octanol–water partition coefficient (Wildman–Crippen LogP) is 1.80. The van der Waals surface area contributed by atoms with Crippen LogP contribution in [0, 0.1) is 5.82 Å². The van der Waals surface area contributed by atoms with E-state index in [0.29, 0.717) is 11.3 Å². The summed E-state index contributed by atoms with van der Waals surface area (Å²) in [7, 11) is 0. The zero-order valence-electron chi connectivity index (χ0n) is 9.71. The third kappa shape index (κ3) is 3.03. The van der Waals surface area contributed by atoms with Gasteiger partial charge in [0.05, 0.1) is 12.2 Å². The van der Waals surface area contributed by atoms with E-state index in [4.69, 9.17) is 10.6 Å². The number of rotatable bonds is 5. The molecule has 1 unspecified atom stereocenters. The summed E-state index contributed by atoms with van der Waals surface area (Å²) < 4.78 is 19.1. The molecule has 0 fully saturated rings. The number of hydrazine groups is 1. The number of benzene rings is 1. The molecule has 0 aliphatic heterocycles. The van der Waals surface area contributed by atoms with E-state index in [1.54, 1.807) is 6.07 Å². The molecular formula is C13H14FN3O. The second-order valence-electron chi connectivity index (χ2n) is 3.74. The molecule has 0 saturated carbocycles. The monoisotopic (exact) mass is 247 g/mol. The maximum Gasteiger partial charge on any atom is 0.146 e. The molecule has 1 aromatic carbocycles. The van der Waals surface area contributed by atoms with E-state index in [9.17, 15) is 4.39 Å². The summed E-state index contributed by atoms with van der Waals surface area (Å²) in [5.41, 5.74) is 2.97. The van der Waals surface area contributed by atoms with Crippen molar-refractivity contribution in [2.24, 2.45) is 5.84 Å². The summed E-state index contributed by atoms with van der Waals surface area (Å²) in [5.74, 6) is 5.73. The van der Waals surface area contributed by atoms with Gasteiger partial charge in [-0.1, -0.05) is 18.2 Å². The predicted molar refractivity (Wildman–Crippen MR) is 66.2 cm³/mol. The lowest BCUT2D eigenvalue weighted by atomic mass is 10.1. The maximum atomic E-state index is 13.5. The first kappa shape index (κ1) is 12.5. The maximum absolute atomic E-state index is 13.5. The van der Waals surface area contributed by atoms with E-state index in [-0.39, 0.29) is 6.61 Å². The van der Waals surface area contributed by atoms with Gasteiger partial charge in [-0.2, -0.15) is 0 Å². The highest BCUT2D eigenvalue weighted by atomic mass is 19.1. The Morgan fingerprint density at radius 2 is 2.06 bits per heavy atom. The number of ether oxygens (including phenoxy) is 1. The number of hydrogen-bond acceptors (Lipinski definition) is 4. The molecule has 5 heteroatoms. The summed E-state index contributed by atoms with van der Waals surface area (Å²) in [6, 6.07) is 10.4. The average Bonchev–Trinajstić information content (AvgIpc) is 2.42. The molecule has 1 heterocycles. The van der Waals surface area contributed by atoms with E-state index in [1.807, 2.05) is 30.3 Å². The molecule has 2 rings (SSSR count). The van der Waals surface area contributed by atoms with E-state index < -0.39 is 11.9 Å². The van der Waals surface area contributed by atoms with Crippen LogP contribution in [0.2, 0.25) is 0 Å². The fourth-order valence-electron chi connectivity index (χ4n) is 1.59. The molecule has 1 atom stereocenters. The summed E-state index contributed by atoms with van der Waals surface area (Å²) in [6.45, 7) is 0.238. The van der Waals surface area contributed by atoms with Crippen LogP contribution in [0.1, 0.15) is 11.6 Å². The Morgan fingerprint density at radius 1 is 1.28 bits per heavy atom. The van der Waals surface area contributed by atoms with Gasteiger partial charge in [0.25, 0.3) is 0 Å². The number of nitrogens with one attached hydrogen (secondary N) is 1. The summed E-state index contributed by atoms with van der Waals surface area (Å²) in [4.78, 5) is 3.70. The van der Waals surface area contributed by atoms with Crippen molar-refractivity contribution in [3.63, 3.8) is 0 Å². The van der Waals surface area contributed by atoms with Gasteiger partial charge in [0.2, 0.25) is 0 Å². The van der Waals surface area contributed by atoms with Crippen LogP contribution in [0.25, 0.3) is 0 Å². The standard InChI is InChI=1S/C13H14FN3O/c14-12-8-16-7-6-11(12)13(17-15)9-18-10-4-2-1-3-5-10/h1-8,13,17H,9,15H2. The topological polar surface area (TPSA) is 60.2 Å². The highest BCUT2D eigenvalue weighted by Gasteiger charge is 2.14. The van der Waals surface area contributed by atoms with E-state index in [1.165, 1.54) is 6.20 Å². The summed E-state index contributed by atoms with van der Waals surface area (Å²) >= 11 is 0. The average molecular weight is 247 g/mol. The first-order valence-electron chi connectivity index (χ1n) is 5.54. The number of hydrogen-bond donors (Lipinski definition) is 2. The van der Waals surface area contributed by atoms with Gasteiger partial charge in [-0.3, -0.25) is 10.8 Å². The molecular weight excluding hydrogens is 233 g/mol. The third-order valence-electron chi connectivity index (χ3n) is 2.54. The smallest absolute Gasteiger partial charge is 0.146 e. The molecule has 94 valence electrons. The zero-order chi connectivity index (χ0) is 12.8. The first-order chi connectivity index (χ1) is 8.81. The Bertz CT molecular complexity index is 493. The van der Waals surface area contributed by atoms with Crippen LogP contribution in [0.4, 0.5) is 4.39 Å². The van der Waals surface area contributed by atoms with Gasteiger partial charge in [-0.15, -0.1) is 0 Å². The van der Waals surface area contributed by atoms with Gasteiger partial charge >= 0.3 is 0 Å². The van der Waals surface area contributed by atoms with Crippen LogP contribution in [0.5, 0.6) is 5.75 Å². The second-order valence-corrected chi connectivity index (χ2v) is 3.74. The van der Waals surface area contributed by atoms with Gasteiger partial charge in [0, 0.05) is 11.8 Å². The fraction of sp³-hybridized carbons (Fsp3) is 0.154. The molecule has 18 heavy (non-hydrogen) atoms. The molecule has 1 aromatic heterocycles. The molecule has 0 radical (unpaired) electrons. The highest BCUT2D eigenvalue weighted by Crippen LogP contribution is 2.17. The Kier molecular flexibility index (Phi) is 4.22. The lowest BCUT2D eigenvalue weighted by Crippen LogP contribution is -2.33. The van der Waals surface area contributed by atoms with Crippen molar-refractivity contribution in [1.29, 1.82) is 0 Å². The van der Waals surface area contributed by atoms with Crippen LogP contribution in [0.3, 0.4) is 0 Å². The van der Waals surface area contributed by atoms with Gasteiger partial charge < -0.3 is 4.74 Å². The Balaban J connectivity index is 2.04. The SMILES string of the molecule is NNC(COc1ccccc1)c1ccncc1F. The molecule has 4 nitrogen and oxygen atoms in total. The van der Waals surface area contributed by atoms with Crippen molar-refractivity contribution in [1.82, 2.24) is 10.4 Å². The molecule has 3 N–H and O–H groups in total. The quantitative estimate of drug-likeness (QED) is 0.625. The van der Waals surface area contributed by atoms with Gasteiger partial charge in [-0.25, -0.2) is 9.82 Å². The molecule has 0 aliphatic rings. The number of pyridine rings is 1. The minimum absolute atomic E-state index is 0.238. The molecule has 0 saturated heterocycles. The fourth-order valence-corrected chi connectivity index (χ4v) is 1.59. The number of aromatic nitrogens is 1. The minimum Gasteiger partial charge on any atom is -0.492 e. The van der Waals surface area contributed by atoms with E-state index in [0.717, 1.165) is 6.20 Å². The van der Waals surface area contributed by atoms with Crippen molar-refractivity contribution >= 4 is 0 Å².